The second-order valence-electron chi connectivity index (χ2n) is 4.68. The van der Waals surface area contributed by atoms with E-state index in [1.54, 1.807) is 19.1 Å². The summed E-state index contributed by atoms with van der Waals surface area (Å²) in [4.78, 5) is 12.0. The van der Waals surface area contributed by atoms with E-state index in [1.165, 1.54) is 18.2 Å². The molecule has 0 aromatic heterocycles. The maximum atomic E-state index is 13.0. The van der Waals surface area contributed by atoms with Gasteiger partial charge in [0.1, 0.15) is 11.6 Å². The van der Waals surface area contributed by atoms with Crippen molar-refractivity contribution in [3.63, 3.8) is 0 Å². The molecule has 0 bridgehead atoms. The van der Waals surface area contributed by atoms with Crippen LogP contribution >= 0.6 is 27.5 Å². The van der Waals surface area contributed by atoms with E-state index < -0.39 is 6.10 Å². The first-order valence-corrected chi connectivity index (χ1v) is 7.76. The average molecular weight is 387 g/mol. The van der Waals surface area contributed by atoms with Crippen molar-refractivity contribution in [3.8, 4) is 5.75 Å². The third kappa shape index (κ3) is 4.71. The predicted molar refractivity (Wildman–Crippen MR) is 87.5 cm³/mol. The van der Waals surface area contributed by atoms with Gasteiger partial charge in [0.2, 0.25) is 0 Å². The first kappa shape index (κ1) is 16.8. The molecule has 2 rings (SSSR count). The molecular weight excluding hydrogens is 373 g/mol. The summed E-state index contributed by atoms with van der Waals surface area (Å²) in [5, 5.41) is 3.42. The lowest BCUT2D eigenvalue weighted by atomic mass is 10.2. The standard InChI is InChI=1S/C16H14BrClFNO2/c1-10(22-15-7-6-13(19)8-14(15)17)16(21)20-9-11-2-4-12(18)5-3-11/h2-8,10H,9H2,1H3,(H,20,21). The molecule has 0 saturated heterocycles. The van der Waals surface area contributed by atoms with Crippen LogP contribution in [-0.2, 0) is 11.3 Å². The predicted octanol–water partition coefficient (Wildman–Crippen LogP) is 4.33. The summed E-state index contributed by atoms with van der Waals surface area (Å²) in [7, 11) is 0. The van der Waals surface area contributed by atoms with E-state index in [4.69, 9.17) is 16.3 Å². The molecule has 0 fully saturated rings. The Morgan fingerprint density at radius 1 is 1.32 bits per heavy atom. The molecule has 1 N–H and O–H groups in total. The first-order valence-electron chi connectivity index (χ1n) is 6.59. The van der Waals surface area contributed by atoms with Crippen molar-refractivity contribution in [2.45, 2.75) is 19.6 Å². The minimum absolute atomic E-state index is 0.258. The summed E-state index contributed by atoms with van der Waals surface area (Å²) in [6, 6.07) is 11.2. The summed E-state index contributed by atoms with van der Waals surface area (Å²) in [6.45, 7) is 2.02. The van der Waals surface area contributed by atoms with E-state index in [9.17, 15) is 9.18 Å². The highest BCUT2D eigenvalue weighted by Crippen LogP contribution is 2.26. The van der Waals surface area contributed by atoms with Gasteiger partial charge in [0, 0.05) is 11.6 Å². The molecular formula is C16H14BrClFNO2. The monoisotopic (exact) mass is 385 g/mol. The Morgan fingerprint density at radius 2 is 2.00 bits per heavy atom. The molecule has 1 unspecified atom stereocenters. The number of amides is 1. The normalized spacial score (nSPS) is 11.8. The van der Waals surface area contributed by atoms with Crippen LogP contribution in [0.3, 0.4) is 0 Å². The highest BCUT2D eigenvalue weighted by atomic mass is 79.9. The Balaban J connectivity index is 1.90. The van der Waals surface area contributed by atoms with Crippen LogP contribution in [0.4, 0.5) is 4.39 Å². The van der Waals surface area contributed by atoms with Crippen LogP contribution < -0.4 is 10.1 Å². The molecule has 0 aliphatic carbocycles. The van der Waals surface area contributed by atoms with E-state index in [0.717, 1.165) is 5.56 Å². The SMILES string of the molecule is CC(Oc1ccc(F)cc1Br)C(=O)NCc1ccc(Cl)cc1. The number of hydrogen-bond donors (Lipinski definition) is 1. The van der Waals surface area contributed by atoms with Gasteiger partial charge in [-0.15, -0.1) is 0 Å². The van der Waals surface area contributed by atoms with Gasteiger partial charge in [-0.25, -0.2) is 4.39 Å². The molecule has 0 spiro atoms. The van der Waals surface area contributed by atoms with Crippen molar-refractivity contribution < 1.29 is 13.9 Å². The minimum Gasteiger partial charge on any atom is -0.480 e. The van der Waals surface area contributed by atoms with Crippen molar-refractivity contribution >= 4 is 33.4 Å². The molecule has 116 valence electrons. The molecule has 1 atom stereocenters. The van der Waals surface area contributed by atoms with Crippen molar-refractivity contribution in [1.29, 1.82) is 0 Å². The van der Waals surface area contributed by atoms with Gasteiger partial charge in [0.15, 0.2) is 6.10 Å². The summed E-state index contributed by atoms with van der Waals surface area (Å²) in [6.07, 6.45) is -0.700. The number of halogens is 3. The number of carbonyl (C=O) groups is 1. The Morgan fingerprint density at radius 3 is 2.64 bits per heavy atom. The summed E-state index contributed by atoms with van der Waals surface area (Å²) in [5.74, 6) is -0.221. The van der Waals surface area contributed by atoms with Gasteiger partial charge in [0.05, 0.1) is 4.47 Å². The number of ether oxygens (including phenoxy) is 1. The lowest BCUT2D eigenvalue weighted by Gasteiger charge is -2.15. The van der Waals surface area contributed by atoms with E-state index in [-0.39, 0.29) is 11.7 Å². The molecule has 0 radical (unpaired) electrons. The third-order valence-corrected chi connectivity index (χ3v) is 3.82. The lowest BCUT2D eigenvalue weighted by Crippen LogP contribution is -2.35. The number of rotatable bonds is 5. The van der Waals surface area contributed by atoms with Crippen molar-refractivity contribution in [2.75, 3.05) is 0 Å². The number of nitrogens with one attached hydrogen (secondary N) is 1. The van der Waals surface area contributed by atoms with Gasteiger partial charge in [-0.05, 0) is 58.7 Å². The van der Waals surface area contributed by atoms with Crippen molar-refractivity contribution in [1.82, 2.24) is 5.32 Å². The molecule has 2 aromatic carbocycles. The Labute approximate surface area is 141 Å². The van der Waals surface area contributed by atoms with Crippen LogP contribution in [0.25, 0.3) is 0 Å². The van der Waals surface area contributed by atoms with Crippen LogP contribution in [0.5, 0.6) is 5.75 Å². The van der Waals surface area contributed by atoms with E-state index >= 15 is 0 Å². The van der Waals surface area contributed by atoms with Gasteiger partial charge >= 0.3 is 0 Å². The minimum atomic E-state index is -0.700. The molecule has 6 heteroatoms. The molecule has 0 aliphatic rings. The lowest BCUT2D eigenvalue weighted by molar-refractivity contribution is -0.127. The third-order valence-electron chi connectivity index (χ3n) is 2.95. The fourth-order valence-electron chi connectivity index (χ4n) is 1.75. The summed E-state index contributed by atoms with van der Waals surface area (Å²) < 4.78 is 19.0. The number of hydrogen-bond acceptors (Lipinski definition) is 2. The summed E-state index contributed by atoms with van der Waals surface area (Å²) in [5.41, 5.74) is 0.938. The smallest absolute Gasteiger partial charge is 0.261 e. The van der Waals surface area contributed by atoms with E-state index in [2.05, 4.69) is 21.2 Å². The summed E-state index contributed by atoms with van der Waals surface area (Å²) >= 11 is 9.00. The molecule has 2 aromatic rings. The average Bonchev–Trinajstić information content (AvgIpc) is 2.49. The second kappa shape index (κ2) is 7.61. The molecule has 3 nitrogen and oxygen atoms in total. The first-order chi connectivity index (χ1) is 10.5. The van der Waals surface area contributed by atoms with Crippen LogP contribution in [0.15, 0.2) is 46.9 Å². The molecule has 1 amide bonds. The van der Waals surface area contributed by atoms with Crippen LogP contribution in [0, 0.1) is 5.82 Å². The fraction of sp³-hybridized carbons (Fsp3) is 0.188. The topological polar surface area (TPSA) is 38.3 Å². The zero-order valence-corrected chi connectivity index (χ0v) is 14.1. The molecule has 0 saturated carbocycles. The number of carbonyl (C=O) groups excluding carboxylic acids is 1. The largest absolute Gasteiger partial charge is 0.480 e. The van der Waals surface area contributed by atoms with Gasteiger partial charge in [-0.3, -0.25) is 4.79 Å². The molecule has 0 heterocycles. The van der Waals surface area contributed by atoms with Crippen molar-refractivity contribution in [2.24, 2.45) is 0 Å². The van der Waals surface area contributed by atoms with Crippen molar-refractivity contribution in [3.05, 3.63) is 63.3 Å². The van der Waals surface area contributed by atoms with Crippen LogP contribution in [-0.4, -0.2) is 12.0 Å². The molecule has 0 aliphatic heterocycles. The van der Waals surface area contributed by atoms with E-state index in [1.807, 2.05) is 12.1 Å². The highest BCUT2D eigenvalue weighted by molar-refractivity contribution is 9.10. The highest BCUT2D eigenvalue weighted by Gasteiger charge is 2.15. The maximum Gasteiger partial charge on any atom is 0.261 e. The second-order valence-corrected chi connectivity index (χ2v) is 5.97. The number of benzene rings is 2. The van der Waals surface area contributed by atoms with Crippen LogP contribution in [0.1, 0.15) is 12.5 Å². The van der Waals surface area contributed by atoms with Gasteiger partial charge in [-0.2, -0.15) is 0 Å². The van der Waals surface area contributed by atoms with E-state index in [0.29, 0.717) is 21.8 Å². The Hall–Kier alpha value is -1.59. The van der Waals surface area contributed by atoms with Gasteiger partial charge < -0.3 is 10.1 Å². The zero-order valence-electron chi connectivity index (χ0n) is 11.8. The maximum absolute atomic E-state index is 13.0. The molecule has 22 heavy (non-hydrogen) atoms. The Kier molecular flexibility index (Phi) is 5.80. The zero-order chi connectivity index (χ0) is 16.1. The quantitative estimate of drug-likeness (QED) is 0.831. The fourth-order valence-corrected chi connectivity index (χ4v) is 2.32. The van der Waals surface area contributed by atoms with Gasteiger partial charge in [-0.1, -0.05) is 23.7 Å². The Bertz CT molecular complexity index is 664. The van der Waals surface area contributed by atoms with Crippen LogP contribution in [0.2, 0.25) is 5.02 Å². The van der Waals surface area contributed by atoms with Gasteiger partial charge in [0.25, 0.3) is 5.91 Å².